The monoisotopic (exact) mass is 433 g/mol. The molecule has 0 atom stereocenters. The fourth-order valence-electron chi connectivity index (χ4n) is 3.04. The zero-order valence-corrected chi connectivity index (χ0v) is 19.3. The molecular weight excluding hydrogens is 402 g/mol. The van der Waals surface area contributed by atoms with Gasteiger partial charge in [-0.15, -0.1) is 0 Å². The van der Waals surface area contributed by atoms with E-state index in [2.05, 4.69) is 11.4 Å². The van der Waals surface area contributed by atoms with Crippen molar-refractivity contribution in [1.29, 1.82) is 0 Å². The summed E-state index contributed by atoms with van der Waals surface area (Å²) in [6, 6.07) is 11.4. The highest BCUT2D eigenvalue weighted by molar-refractivity contribution is 7.90. The van der Waals surface area contributed by atoms with E-state index in [4.69, 9.17) is 4.74 Å². The van der Waals surface area contributed by atoms with Crippen molar-refractivity contribution in [3.8, 4) is 5.75 Å². The van der Waals surface area contributed by atoms with Crippen LogP contribution < -0.4 is 14.4 Å². The van der Waals surface area contributed by atoms with E-state index >= 15 is 0 Å². The van der Waals surface area contributed by atoms with Crippen molar-refractivity contribution < 1.29 is 17.9 Å². The number of nitrogens with one attached hydrogen (secondary N) is 1. The maximum absolute atomic E-state index is 12.9. The number of nitrogens with zero attached hydrogens (tertiary/aromatic N) is 2. The first-order valence-electron chi connectivity index (χ1n) is 9.76. The van der Waals surface area contributed by atoms with Crippen LogP contribution in [-0.4, -0.2) is 52.4 Å². The molecule has 0 heterocycles. The Morgan fingerprint density at radius 2 is 1.60 bits per heavy atom. The summed E-state index contributed by atoms with van der Waals surface area (Å²) >= 11 is 0. The van der Waals surface area contributed by atoms with Crippen molar-refractivity contribution in [2.45, 2.75) is 27.7 Å². The first-order valence-corrected chi connectivity index (χ1v) is 11.2. The summed E-state index contributed by atoms with van der Waals surface area (Å²) in [5.74, 6) is 0.347. The minimum atomic E-state index is -3.83. The Balaban J connectivity index is 2.05. The number of aryl methyl sites for hydroxylation is 4. The van der Waals surface area contributed by atoms with E-state index in [1.807, 2.05) is 52.0 Å². The van der Waals surface area contributed by atoms with Crippen molar-refractivity contribution >= 4 is 21.8 Å². The van der Waals surface area contributed by atoms with Gasteiger partial charge in [-0.1, -0.05) is 18.2 Å². The molecule has 164 valence electrons. The second-order valence-electron chi connectivity index (χ2n) is 7.61. The van der Waals surface area contributed by atoms with Crippen LogP contribution in [0, 0.1) is 27.7 Å². The molecule has 2 aromatic carbocycles. The molecule has 1 amide bonds. The van der Waals surface area contributed by atoms with Crippen LogP contribution in [0.3, 0.4) is 0 Å². The maximum atomic E-state index is 12.9. The van der Waals surface area contributed by atoms with Gasteiger partial charge in [-0.2, -0.15) is 12.7 Å². The fourth-order valence-corrected chi connectivity index (χ4v) is 4.16. The third-order valence-electron chi connectivity index (χ3n) is 4.55. The van der Waals surface area contributed by atoms with Gasteiger partial charge in [0.2, 0.25) is 5.91 Å². The smallest absolute Gasteiger partial charge is 0.304 e. The zero-order chi connectivity index (χ0) is 22.5. The van der Waals surface area contributed by atoms with Crippen LogP contribution >= 0.6 is 0 Å². The molecule has 0 aliphatic rings. The SMILES string of the molecule is Cc1cc(C)cc(OCCNC(=O)CN(c2cc(C)ccc2C)S(=O)(=O)N(C)C)c1. The van der Waals surface area contributed by atoms with Crippen molar-refractivity contribution in [2.24, 2.45) is 0 Å². The molecule has 1 N–H and O–H groups in total. The molecule has 0 saturated carbocycles. The van der Waals surface area contributed by atoms with E-state index in [1.165, 1.54) is 14.1 Å². The van der Waals surface area contributed by atoms with Gasteiger partial charge in [0.25, 0.3) is 0 Å². The molecule has 0 bridgehead atoms. The van der Waals surface area contributed by atoms with Gasteiger partial charge in [0.15, 0.2) is 0 Å². The van der Waals surface area contributed by atoms with Crippen molar-refractivity contribution in [1.82, 2.24) is 9.62 Å². The average molecular weight is 434 g/mol. The minimum Gasteiger partial charge on any atom is -0.492 e. The van der Waals surface area contributed by atoms with Crippen molar-refractivity contribution in [3.05, 3.63) is 58.7 Å². The summed E-state index contributed by atoms with van der Waals surface area (Å²) < 4.78 is 33.6. The van der Waals surface area contributed by atoms with Gasteiger partial charge in [0, 0.05) is 14.1 Å². The molecule has 0 saturated heterocycles. The van der Waals surface area contributed by atoms with Gasteiger partial charge in [0.05, 0.1) is 12.2 Å². The van der Waals surface area contributed by atoms with E-state index in [1.54, 1.807) is 6.07 Å². The summed E-state index contributed by atoms with van der Waals surface area (Å²) in [7, 11) is -0.940. The second kappa shape index (κ2) is 9.95. The van der Waals surface area contributed by atoms with Crippen LogP contribution in [-0.2, 0) is 15.0 Å². The molecule has 0 aliphatic carbocycles. The standard InChI is InChI=1S/C22H31N3O4S/c1-16-7-8-19(4)21(14-16)25(30(27,28)24(5)6)15-22(26)23-9-10-29-20-12-17(2)11-18(3)13-20/h7-8,11-14H,9-10,15H2,1-6H3,(H,23,26). The molecule has 2 rings (SSSR count). The lowest BCUT2D eigenvalue weighted by Crippen LogP contribution is -2.46. The third-order valence-corrected chi connectivity index (χ3v) is 6.35. The molecule has 7 nitrogen and oxygen atoms in total. The molecule has 8 heteroatoms. The normalized spacial score (nSPS) is 11.4. The Labute approximate surface area is 179 Å². The van der Waals surface area contributed by atoms with Gasteiger partial charge in [-0.25, -0.2) is 4.31 Å². The summed E-state index contributed by atoms with van der Waals surface area (Å²) in [5.41, 5.74) is 4.39. The highest BCUT2D eigenvalue weighted by Gasteiger charge is 2.28. The lowest BCUT2D eigenvalue weighted by Gasteiger charge is -2.28. The van der Waals surface area contributed by atoms with Gasteiger partial charge in [-0.3, -0.25) is 4.79 Å². The lowest BCUT2D eigenvalue weighted by molar-refractivity contribution is -0.119. The number of ether oxygens (including phenoxy) is 1. The number of rotatable bonds is 9. The van der Waals surface area contributed by atoms with Crippen LogP contribution in [0.15, 0.2) is 36.4 Å². The largest absolute Gasteiger partial charge is 0.492 e. The number of hydrogen-bond donors (Lipinski definition) is 1. The molecule has 0 radical (unpaired) electrons. The molecule has 2 aromatic rings. The Morgan fingerprint density at radius 1 is 0.967 bits per heavy atom. The molecular formula is C22H31N3O4S. The summed E-state index contributed by atoms with van der Waals surface area (Å²) in [6.45, 7) is 7.95. The highest BCUT2D eigenvalue weighted by Crippen LogP contribution is 2.25. The van der Waals surface area contributed by atoms with Gasteiger partial charge < -0.3 is 10.1 Å². The third kappa shape index (κ3) is 6.21. The molecule has 0 unspecified atom stereocenters. The number of anilines is 1. The summed E-state index contributed by atoms with van der Waals surface area (Å²) in [6.07, 6.45) is 0. The van der Waals surface area contributed by atoms with E-state index in [0.29, 0.717) is 12.3 Å². The Hall–Kier alpha value is -2.58. The fraction of sp³-hybridized carbons (Fsp3) is 0.409. The number of carbonyl (C=O) groups excluding carboxylic acids is 1. The van der Waals surface area contributed by atoms with E-state index in [-0.39, 0.29) is 13.1 Å². The van der Waals surface area contributed by atoms with E-state index in [9.17, 15) is 13.2 Å². The van der Waals surface area contributed by atoms with Crippen molar-refractivity contribution in [2.75, 3.05) is 38.1 Å². The highest BCUT2D eigenvalue weighted by atomic mass is 32.2. The van der Waals surface area contributed by atoms with Crippen LogP contribution in [0.5, 0.6) is 5.75 Å². The summed E-state index contributed by atoms with van der Waals surface area (Å²) in [5, 5.41) is 2.74. The Bertz CT molecular complexity index is 983. The van der Waals surface area contributed by atoms with Crippen LogP contribution in [0.25, 0.3) is 0 Å². The number of amides is 1. The van der Waals surface area contributed by atoms with Gasteiger partial charge in [0.1, 0.15) is 18.9 Å². The minimum absolute atomic E-state index is 0.272. The molecule has 0 fully saturated rings. The summed E-state index contributed by atoms with van der Waals surface area (Å²) in [4.78, 5) is 12.5. The van der Waals surface area contributed by atoms with Crippen LogP contribution in [0.4, 0.5) is 5.69 Å². The van der Waals surface area contributed by atoms with Gasteiger partial charge >= 0.3 is 10.2 Å². The van der Waals surface area contributed by atoms with E-state index in [0.717, 1.165) is 36.6 Å². The first kappa shape index (κ1) is 23.7. The van der Waals surface area contributed by atoms with Gasteiger partial charge in [-0.05, 0) is 68.1 Å². The predicted molar refractivity (Wildman–Crippen MR) is 120 cm³/mol. The maximum Gasteiger partial charge on any atom is 0.304 e. The Morgan fingerprint density at radius 3 is 2.20 bits per heavy atom. The first-order chi connectivity index (χ1) is 14.0. The predicted octanol–water partition coefficient (Wildman–Crippen LogP) is 2.73. The second-order valence-corrected chi connectivity index (χ2v) is 9.68. The number of hydrogen-bond acceptors (Lipinski definition) is 4. The number of benzene rings is 2. The zero-order valence-electron chi connectivity index (χ0n) is 18.5. The topological polar surface area (TPSA) is 79.0 Å². The molecule has 0 spiro atoms. The lowest BCUT2D eigenvalue weighted by atomic mass is 10.1. The van der Waals surface area contributed by atoms with Crippen molar-refractivity contribution in [3.63, 3.8) is 0 Å². The van der Waals surface area contributed by atoms with E-state index < -0.39 is 16.1 Å². The molecule has 0 aliphatic heterocycles. The molecule has 0 aromatic heterocycles. The number of carbonyl (C=O) groups is 1. The van der Waals surface area contributed by atoms with Crippen LogP contribution in [0.1, 0.15) is 22.3 Å². The van der Waals surface area contributed by atoms with Crippen LogP contribution in [0.2, 0.25) is 0 Å². The molecule has 30 heavy (non-hydrogen) atoms. The Kier molecular flexibility index (Phi) is 7.86. The quantitative estimate of drug-likeness (QED) is 0.617. The average Bonchev–Trinajstić information content (AvgIpc) is 2.64.